The van der Waals surface area contributed by atoms with Crippen molar-refractivity contribution in [3.63, 3.8) is 0 Å². The average Bonchev–Trinajstić information content (AvgIpc) is 2.04. The zero-order chi connectivity index (χ0) is 9.45. The van der Waals surface area contributed by atoms with Crippen LogP contribution < -0.4 is 0 Å². The van der Waals surface area contributed by atoms with Crippen LogP contribution in [0, 0.1) is 0 Å². The largest absolute Gasteiger partial charge is 0.324 e. The molecule has 1 atom stereocenters. The molecule has 0 aliphatic heterocycles. The second-order valence-electron chi connectivity index (χ2n) is 2.55. The Labute approximate surface area is 79.3 Å². The van der Waals surface area contributed by atoms with Crippen LogP contribution in [0.15, 0.2) is 0 Å². The van der Waals surface area contributed by atoms with Crippen LogP contribution in [0.4, 0.5) is 0 Å². The molecule has 0 fully saturated rings. The smallest absolute Gasteiger partial charge is 0.324 e. The van der Waals surface area contributed by atoms with Crippen molar-refractivity contribution in [2.75, 3.05) is 13.7 Å². The van der Waals surface area contributed by atoms with Gasteiger partial charge in [0.15, 0.2) is 0 Å². The predicted octanol–water partition coefficient (Wildman–Crippen LogP) is 2.45. The van der Waals surface area contributed by atoms with Gasteiger partial charge in [0, 0.05) is 7.11 Å². The standard InChI is InChI=1S/C7H17O3PS/c1-3-4-5-6-7-10-11(8,12)9-2/h3-7H2,1-2H3,(H,8,12). The van der Waals surface area contributed by atoms with E-state index in [0.717, 1.165) is 12.8 Å². The van der Waals surface area contributed by atoms with Crippen molar-refractivity contribution in [1.82, 2.24) is 0 Å². The van der Waals surface area contributed by atoms with E-state index in [2.05, 4.69) is 23.3 Å². The molecule has 1 unspecified atom stereocenters. The molecule has 0 spiro atoms. The van der Waals surface area contributed by atoms with Crippen LogP contribution in [-0.4, -0.2) is 18.6 Å². The lowest BCUT2D eigenvalue weighted by Crippen LogP contribution is -1.93. The Balaban J connectivity index is 3.25. The molecule has 0 saturated carbocycles. The molecule has 0 radical (unpaired) electrons. The molecule has 0 amide bonds. The fourth-order valence-corrected chi connectivity index (χ4v) is 1.45. The highest BCUT2D eigenvalue weighted by Crippen LogP contribution is 2.42. The summed E-state index contributed by atoms with van der Waals surface area (Å²) in [5, 5.41) is 0. The molecule has 1 N–H and O–H groups in total. The maximum atomic E-state index is 9.16. The number of rotatable bonds is 7. The highest BCUT2D eigenvalue weighted by molar-refractivity contribution is 8.07. The van der Waals surface area contributed by atoms with Gasteiger partial charge < -0.3 is 13.9 Å². The van der Waals surface area contributed by atoms with E-state index in [-0.39, 0.29) is 0 Å². The van der Waals surface area contributed by atoms with Crippen LogP contribution in [0.5, 0.6) is 0 Å². The molecule has 0 saturated heterocycles. The van der Waals surface area contributed by atoms with Crippen LogP contribution in [0.1, 0.15) is 32.6 Å². The Morgan fingerprint density at radius 3 is 2.50 bits per heavy atom. The van der Waals surface area contributed by atoms with Crippen molar-refractivity contribution in [2.24, 2.45) is 0 Å². The number of unbranched alkanes of at least 4 members (excludes halogenated alkanes) is 3. The summed E-state index contributed by atoms with van der Waals surface area (Å²) in [5.41, 5.74) is 0. The Morgan fingerprint density at radius 2 is 2.00 bits per heavy atom. The fraction of sp³-hybridized carbons (Fsp3) is 1.00. The van der Waals surface area contributed by atoms with Gasteiger partial charge in [-0.25, -0.2) is 0 Å². The third kappa shape index (κ3) is 7.19. The summed E-state index contributed by atoms with van der Waals surface area (Å²) in [5.74, 6) is 0. The second kappa shape index (κ2) is 6.98. The molecule has 0 aromatic rings. The fourth-order valence-electron chi connectivity index (χ4n) is 0.761. The quantitative estimate of drug-likeness (QED) is 0.519. The third-order valence-electron chi connectivity index (χ3n) is 1.48. The molecule has 0 aromatic heterocycles. The maximum Gasteiger partial charge on any atom is 0.324 e. The zero-order valence-corrected chi connectivity index (χ0v) is 9.37. The topological polar surface area (TPSA) is 38.7 Å². The molecule has 0 aromatic carbocycles. The van der Waals surface area contributed by atoms with Gasteiger partial charge in [-0.3, -0.25) is 0 Å². The van der Waals surface area contributed by atoms with Crippen molar-refractivity contribution in [3.8, 4) is 0 Å². The molecular formula is C7H17O3PS. The van der Waals surface area contributed by atoms with Gasteiger partial charge in [0.2, 0.25) is 0 Å². The molecule has 3 nitrogen and oxygen atoms in total. The lowest BCUT2D eigenvalue weighted by molar-refractivity contribution is 0.221. The van der Waals surface area contributed by atoms with Gasteiger partial charge in [-0.15, -0.1) is 0 Å². The van der Waals surface area contributed by atoms with E-state index in [9.17, 15) is 0 Å². The second-order valence-corrected chi connectivity index (χ2v) is 5.49. The van der Waals surface area contributed by atoms with Crippen LogP contribution in [0.2, 0.25) is 0 Å². The summed E-state index contributed by atoms with van der Waals surface area (Å²) in [7, 11) is 1.37. The highest BCUT2D eigenvalue weighted by Gasteiger charge is 2.10. The normalized spacial score (nSPS) is 15.9. The Morgan fingerprint density at radius 1 is 1.33 bits per heavy atom. The Kier molecular flexibility index (Phi) is 7.29. The van der Waals surface area contributed by atoms with E-state index in [1.54, 1.807) is 0 Å². The van der Waals surface area contributed by atoms with Crippen LogP contribution >= 0.6 is 6.72 Å². The van der Waals surface area contributed by atoms with Gasteiger partial charge >= 0.3 is 6.72 Å². The summed E-state index contributed by atoms with van der Waals surface area (Å²) in [4.78, 5) is 9.16. The van der Waals surface area contributed by atoms with Crippen molar-refractivity contribution in [2.45, 2.75) is 32.6 Å². The molecule has 74 valence electrons. The lowest BCUT2D eigenvalue weighted by atomic mass is 10.2. The SMILES string of the molecule is CCCCCCOP(O)(=S)OC. The summed E-state index contributed by atoms with van der Waals surface area (Å²) < 4.78 is 9.59. The van der Waals surface area contributed by atoms with E-state index in [1.807, 2.05) is 0 Å². The van der Waals surface area contributed by atoms with Crippen molar-refractivity contribution >= 4 is 18.5 Å². The van der Waals surface area contributed by atoms with Gasteiger partial charge in [-0.1, -0.05) is 26.2 Å². The minimum atomic E-state index is -2.89. The summed E-state index contributed by atoms with van der Waals surface area (Å²) in [6.45, 7) is -0.242. The van der Waals surface area contributed by atoms with Gasteiger partial charge in [-0.2, -0.15) is 0 Å². The van der Waals surface area contributed by atoms with E-state index in [1.165, 1.54) is 20.0 Å². The highest BCUT2D eigenvalue weighted by atomic mass is 32.5. The van der Waals surface area contributed by atoms with E-state index in [0.29, 0.717) is 6.61 Å². The van der Waals surface area contributed by atoms with E-state index in [4.69, 9.17) is 9.42 Å². The van der Waals surface area contributed by atoms with E-state index >= 15 is 0 Å². The Hall–Kier alpha value is 0.530. The molecular weight excluding hydrogens is 195 g/mol. The van der Waals surface area contributed by atoms with Crippen molar-refractivity contribution in [1.29, 1.82) is 0 Å². The first-order chi connectivity index (χ1) is 5.62. The molecule has 12 heavy (non-hydrogen) atoms. The molecule has 0 bridgehead atoms. The first-order valence-electron chi connectivity index (χ1n) is 4.15. The van der Waals surface area contributed by atoms with Gasteiger partial charge in [0.1, 0.15) is 0 Å². The zero-order valence-electron chi connectivity index (χ0n) is 7.65. The third-order valence-corrected chi connectivity index (χ3v) is 3.22. The van der Waals surface area contributed by atoms with E-state index < -0.39 is 6.72 Å². The number of hydrogen-bond donors (Lipinski definition) is 1. The summed E-state index contributed by atoms with van der Waals surface area (Å²) in [6.07, 6.45) is 4.45. The minimum Gasteiger partial charge on any atom is -0.324 e. The van der Waals surface area contributed by atoms with Crippen molar-refractivity contribution in [3.05, 3.63) is 0 Å². The predicted molar refractivity (Wildman–Crippen MR) is 53.6 cm³/mol. The van der Waals surface area contributed by atoms with Gasteiger partial charge in [0.25, 0.3) is 0 Å². The first-order valence-corrected chi connectivity index (χ1v) is 6.74. The van der Waals surface area contributed by atoms with Gasteiger partial charge in [-0.05, 0) is 18.2 Å². The van der Waals surface area contributed by atoms with Crippen LogP contribution in [-0.2, 0) is 20.9 Å². The first kappa shape index (κ1) is 12.5. The average molecular weight is 212 g/mol. The summed E-state index contributed by atoms with van der Waals surface area (Å²) in [6, 6.07) is 0. The Bertz CT molecular complexity index is 152. The van der Waals surface area contributed by atoms with Crippen LogP contribution in [0.25, 0.3) is 0 Å². The number of hydrogen-bond acceptors (Lipinski definition) is 3. The molecule has 0 aliphatic rings. The molecule has 0 heterocycles. The van der Waals surface area contributed by atoms with Crippen molar-refractivity contribution < 1.29 is 13.9 Å². The van der Waals surface area contributed by atoms with Crippen LogP contribution in [0.3, 0.4) is 0 Å². The molecule has 5 heteroatoms. The van der Waals surface area contributed by atoms with Gasteiger partial charge in [0.05, 0.1) is 6.61 Å². The maximum absolute atomic E-state index is 9.16. The minimum absolute atomic E-state index is 0.502. The summed E-state index contributed by atoms with van der Waals surface area (Å²) >= 11 is 4.64. The molecule has 0 rings (SSSR count). The lowest BCUT2D eigenvalue weighted by Gasteiger charge is -2.12. The monoisotopic (exact) mass is 212 g/mol. The molecule has 0 aliphatic carbocycles.